The van der Waals surface area contributed by atoms with Crippen LogP contribution in [-0.4, -0.2) is 60.2 Å². The minimum absolute atomic E-state index is 0.00101. The first kappa shape index (κ1) is 20.1. The molecular formula is C24H27N3O3. The second kappa shape index (κ2) is 8.69. The highest BCUT2D eigenvalue weighted by atomic mass is 16.2. The van der Waals surface area contributed by atoms with Crippen molar-refractivity contribution >= 4 is 23.4 Å². The quantitative estimate of drug-likeness (QED) is 0.786. The van der Waals surface area contributed by atoms with Gasteiger partial charge >= 0.3 is 0 Å². The van der Waals surface area contributed by atoms with Gasteiger partial charge in [0.1, 0.15) is 0 Å². The number of hydrogen-bond acceptors (Lipinski definition) is 3. The van der Waals surface area contributed by atoms with E-state index in [9.17, 15) is 14.4 Å². The number of carbonyl (C=O) groups is 3. The van der Waals surface area contributed by atoms with Crippen LogP contribution in [0.25, 0.3) is 0 Å². The standard InChI is InChI=1S/C24H27N3O3/c1-2-18-8-6-7-11-21(18)27-17-20(16-22(27)28)24(30)26-14-12-25(13-15-26)23(29)19-9-4-3-5-10-19/h3-11,20H,2,12-17H2,1H3/t20-/m0/s1. The number of para-hydroxylation sites is 1. The van der Waals surface area contributed by atoms with E-state index < -0.39 is 0 Å². The molecule has 2 heterocycles. The fourth-order valence-corrected chi connectivity index (χ4v) is 4.33. The first-order valence-electron chi connectivity index (χ1n) is 10.6. The molecule has 0 saturated carbocycles. The smallest absolute Gasteiger partial charge is 0.253 e. The van der Waals surface area contributed by atoms with Crippen LogP contribution in [-0.2, 0) is 16.0 Å². The van der Waals surface area contributed by atoms with Gasteiger partial charge in [0.05, 0.1) is 5.92 Å². The van der Waals surface area contributed by atoms with Crippen LogP contribution in [0.4, 0.5) is 5.69 Å². The van der Waals surface area contributed by atoms with Crippen molar-refractivity contribution in [2.24, 2.45) is 5.92 Å². The highest BCUT2D eigenvalue weighted by molar-refractivity contribution is 6.01. The lowest BCUT2D eigenvalue weighted by atomic mass is 10.1. The second-order valence-electron chi connectivity index (χ2n) is 7.87. The Kier molecular flexibility index (Phi) is 5.84. The molecule has 2 aliphatic rings. The zero-order valence-electron chi connectivity index (χ0n) is 17.3. The number of carbonyl (C=O) groups excluding carboxylic acids is 3. The van der Waals surface area contributed by atoms with Crippen molar-refractivity contribution in [3.63, 3.8) is 0 Å². The van der Waals surface area contributed by atoms with Gasteiger partial charge in [0.2, 0.25) is 11.8 Å². The molecule has 0 unspecified atom stereocenters. The van der Waals surface area contributed by atoms with E-state index in [4.69, 9.17) is 0 Å². The van der Waals surface area contributed by atoms with E-state index in [-0.39, 0.29) is 30.1 Å². The summed E-state index contributed by atoms with van der Waals surface area (Å²) in [6, 6.07) is 17.1. The van der Waals surface area contributed by atoms with Crippen molar-refractivity contribution in [2.75, 3.05) is 37.6 Å². The molecule has 0 aromatic heterocycles. The van der Waals surface area contributed by atoms with E-state index >= 15 is 0 Å². The van der Waals surface area contributed by atoms with Gasteiger partial charge in [-0.1, -0.05) is 43.3 Å². The molecule has 3 amide bonds. The molecule has 0 radical (unpaired) electrons. The number of rotatable bonds is 4. The number of hydrogen-bond donors (Lipinski definition) is 0. The molecule has 30 heavy (non-hydrogen) atoms. The molecule has 6 nitrogen and oxygen atoms in total. The minimum atomic E-state index is -0.321. The maximum Gasteiger partial charge on any atom is 0.253 e. The number of anilines is 1. The van der Waals surface area contributed by atoms with Gasteiger partial charge in [0.15, 0.2) is 0 Å². The van der Waals surface area contributed by atoms with Crippen LogP contribution in [0.5, 0.6) is 0 Å². The van der Waals surface area contributed by atoms with Crippen LogP contribution in [0.1, 0.15) is 29.3 Å². The van der Waals surface area contributed by atoms with E-state index in [1.165, 1.54) is 0 Å². The van der Waals surface area contributed by atoms with Gasteiger partial charge in [0.25, 0.3) is 5.91 Å². The Morgan fingerprint density at radius 1 is 0.900 bits per heavy atom. The molecular weight excluding hydrogens is 378 g/mol. The predicted octanol–water partition coefficient (Wildman–Crippen LogP) is 2.59. The highest BCUT2D eigenvalue weighted by Crippen LogP contribution is 2.29. The lowest BCUT2D eigenvalue weighted by molar-refractivity contribution is -0.137. The van der Waals surface area contributed by atoms with E-state index in [0.29, 0.717) is 38.3 Å². The third-order valence-electron chi connectivity index (χ3n) is 6.04. The van der Waals surface area contributed by atoms with Crippen LogP contribution in [0, 0.1) is 5.92 Å². The van der Waals surface area contributed by atoms with Gasteiger partial charge in [-0.2, -0.15) is 0 Å². The highest BCUT2D eigenvalue weighted by Gasteiger charge is 2.38. The van der Waals surface area contributed by atoms with Crippen molar-refractivity contribution in [1.29, 1.82) is 0 Å². The molecule has 1 atom stereocenters. The lowest BCUT2D eigenvalue weighted by Gasteiger charge is -2.36. The Labute approximate surface area is 177 Å². The Morgan fingerprint density at radius 3 is 2.23 bits per heavy atom. The van der Waals surface area contributed by atoms with Gasteiger partial charge < -0.3 is 14.7 Å². The summed E-state index contributed by atoms with van der Waals surface area (Å²) in [7, 11) is 0. The van der Waals surface area contributed by atoms with Crippen molar-refractivity contribution in [2.45, 2.75) is 19.8 Å². The molecule has 6 heteroatoms. The summed E-state index contributed by atoms with van der Waals surface area (Å²) in [6.07, 6.45) is 1.09. The van der Waals surface area contributed by atoms with E-state index in [2.05, 4.69) is 6.92 Å². The molecule has 2 saturated heterocycles. The average molecular weight is 405 g/mol. The third-order valence-corrected chi connectivity index (χ3v) is 6.04. The van der Waals surface area contributed by atoms with Crippen LogP contribution in [0.3, 0.4) is 0 Å². The van der Waals surface area contributed by atoms with Crippen molar-refractivity contribution in [3.8, 4) is 0 Å². The van der Waals surface area contributed by atoms with Crippen LogP contribution >= 0.6 is 0 Å². The maximum atomic E-state index is 13.1. The van der Waals surface area contributed by atoms with Crippen LogP contribution in [0.15, 0.2) is 54.6 Å². The van der Waals surface area contributed by atoms with Crippen LogP contribution in [0.2, 0.25) is 0 Å². The number of aryl methyl sites for hydroxylation is 1. The molecule has 156 valence electrons. The fourth-order valence-electron chi connectivity index (χ4n) is 4.33. The Bertz CT molecular complexity index is 936. The summed E-state index contributed by atoms with van der Waals surface area (Å²) in [6.45, 7) is 4.54. The predicted molar refractivity (Wildman–Crippen MR) is 115 cm³/mol. The molecule has 0 spiro atoms. The van der Waals surface area contributed by atoms with E-state index in [1.54, 1.807) is 9.80 Å². The molecule has 2 aromatic rings. The van der Waals surface area contributed by atoms with Gasteiger partial charge in [0, 0.05) is 50.4 Å². The summed E-state index contributed by atoms with van der Waals surface area (Å²) in [5, 5.41) is 0. The number of piperazine rings is 1. The first-order valence-corrected chi connectivity index (χ1v) is 10.6. The Balaban J connectivity index is 1.37. The zero-order chi connectivity index (χ0) is 21.1. The summed E-state index contributed by atoms with van der Waals surface area (Å²) >= 11 is 0. The monoisotopic (exact) mass is 405 g/mol. The summed E-state index contributed by atoms with van der Waals surface area (Å²) in [5.74, 6) is -0.293. The topological polar surface area (TPSA) is 60.9 Å². The molecule has 0 bridgehead atoms. The van der Waals surface area contributed by atoms with Gasteiger partial charge in [-0.15, -0.1) is 0 Å². The fraction of sp³-hybridized carbons (Fsp3) is 0.375. The van der Waals surface area contributed by atoms with Crippen molar-refractivity contribution in [3.05, 3.63) is 65.7 Å². The number of benzene rings is 2. The Hall–Kier alpha value is -3.15. The number of nitrogens with zero attached hydrogens (tertiary/aromatic N) is 3. The third kappa shape index (κ3) is 3.95. The molecule has 2 fully saturated rings. The molecule has 2 aliphatic heterocycles. The molecule has 4 rings (SSSR count). The second-order valence-corrected chi connectivity index (χ2v) is 7.87. The van der Waals surface area contributed by atoms with E-state index in [0.717, 1.165) is 17.7 Å². The maximum absolute atomic E-state index is 13.1. The average Bonchev–Trinajstić information content (AvgIpc) is 3.20. The SMILES string of the molecule is CCc1ccccc1N1C[C@@H](C(=O)N2CCN(C(=O)c3ccccc3)CC2)CC1=O. The molecule has 0 N–H and O–H groups in total. The first-order chi connectivity index (χ1) is 14.6. The Morgan fingerprint density at radius 2 is 1.53 bits per heavy atom. The van der Waals surface area contributed by atoms with Crippen LogP contribution < -0.4 is 4.90 Å². The number of amides is 3. The molecule has 0 aliphatic carbocycles. The molecule has 2 aromatic carbocycles. The summed E-state index contributed by atoms with van der Waals surface area (Å²) < 4.78 is 0. The normalized spacial score (nSPS) is 19.3. The van der Waals surface area contributed by atoms with Gasteiger partial charge in [-0.05, 0) is 30.2 Å². The minimum Gasteiger partial charge on any atom is -0.339 e. The largest absolute Gasteiger partial charge is 0.339 e. The summed E-state index contributed by atoms with van der Waals surface area (Å²) in [4.78, 5) is 43.7. The van der Waals surface area contributed by atoms with Crippen molar-refractivity contribution < 1.29 is 14.4 Å². The zero-order valence-corrected chi connectivity index (χ0v) is 17.3. The van der Waals surface area contributed by atoms with E-state index in [1.807, 2.05) is 59.5 Å². The lowest BCUT2D eigenvalue weighted by Crippen LogP contribution is -2.52. The summed E-state index contributed by atoms with van der Waals surface area (Å²) in [5.41, 5.74) is 2.70. The van der Waals surface area contributed by atoms with Gasteiger partial charge in [-0.3, -0.25) is 14.4 Å². The van der Waals surface area contributed by atoms with Gasteiger partial charge in [-0.25, -0.2) is 0 Å². The van der Waals surface area contributed by atoms with Crippen molar-refractivity contribution in [1.82, 2.24) is 9.80 Å².